The van der Waals surface area contributed by atoms with E-state index in [1.165, 1.54) is 22.8 Å². The van der Waals surface area contributed by atoms with E-state index < -0.39 is 14.9 Å². The van der Waals surface area contributed by atoms with Gasteiger partial charge in [-0.15, -0.1) is 0 Å². The van der Waals surface area contributed by atoms with Gasteiger partial charge < -0.3 is 4.90 Å². The minimum absolute atomic E-state index is 0.0881. The smallest absolute Gasteiger partial charge is 0.293 e. The summed E-state index contributed by atoms with van der Waals surface area (Å²) < 4.78 is 28.5. The zero-order valence-electron chi connectivity index (χ0n) is 18.4. The molecule has 0 saturated carbocycles. The fraction of sp³-hybridized carbons (Fsp3) is 0.333. The Balaban J connectivity index is 1.93. The van der Waals surface area contributed by atoms with E-state index in [1.54, 1.807) is 36.8 Å². The monoisotopic (exact) mass is 458 g/mol. The molecule has 3 aromatic rings. The summed E-state index contributed by atoms with van der Waals surface area (Å²) in [5.74, 6) is 0. The Bertz CT molecular complexity index is 1180. The molecule has 32 heavy (non-hydrogen) atoms. The zero-order chi connectivity index (χ0) is 23.5. The molecule has 2 aromatic carbocycles. The van der Waals surface area contributed by atoms with Gasteiger partial charge >= 0.3 is 0 Å². The summed E-state index contributed by atoms with van der Waals surface area (Å²) in [7, 11) is -2.05. The Morgan fingerprint density at radius 3 is 2.31 bits per heavy atom. The van der Waals surface area contributed by atoms with Crippen molar-refractivity contribution in [2.24, 2.45) is 0 Å². The van der Waals surface area contributed by atoms with E-state index >= 15 is 0 Å². The normalized spacial score (nSPS) is 12.7. The average Bonchev–Trinajstić information content (AvgIpc) is 3.33. The highest BCUT2D eigenvalue weighted by atomic mass is 32.2. The number of nitrogens with zero attached hydrogens (tertiary/aromatic N) is 6. The van der Waals surface area contributed by atoms with Crippen LogP contribution in [0.2, 0.25) is 0 Å². The lowest BCUT2D eigenvalue weighted by Crippen LogP contribution is -2.30. The summed E-state index contributed by atoms with van der Waals surface area (Å²) in [6.45, 7) is 5.96. The van der Waals surface area contributed by atoms with Crippen LogP contribution in [0.15, 0.2) is 60.0 Å². The molecule has 11 heteroatoms. The van der Waals surface area contributed by atoms with Gasteiger partial charge in [-0.25, -0.2) is 18.1 Å². The standard InChI is InChI=1S/C21H26N6O4S/c1-5-25(6-2)32(30,31)19-11-12-20(21(13-19)27(28)29)24(4)16(3)17-7-9-18(10-8-17)26-15-22-14-23-26/h7-16H,5-6H2,1-4H3. The van der Waals surface area contributed by atoms with Crippen LogP contribution in [0.25, 0.3) is 5.69 Å². The summed E-state index contributed by atoms with van der Waals surface area (Å²) in [6, 6.07) is 11.5. The molecule has 1 heterocycles. The van der Waals surface area contributed by atoms with E-state index in [0.29, 0.717) is 5.69 Å². The van der Waals surface area contributed by atoms with Gasteiger partial charge in [0.25, 0.3) is 5.69 Å². The van der Waals surface area contributed by atoms with Crippen LogP contribution in [0.3, 0.4) is 0 Å². The molecule has 10 nitrogen and oxygen atoms in total. The second-order valence-electron chi connectivity index (χ2n) is 7.22. The highest BCUT2D eigenvalue weighted by Crippen LogP contribution is 2.35. The second-order valence-corrected chi connectivity index (χ2v) is 9.15. The predicted octanol–water partition coefficient (Wildman–Crippen LogP) is 3.40. The van der Waals surface area contributed by atoms with Gasteiger partial charge in [-0.1, -0.05) is 26.0 Å². The predicted molar refractivity (Wildman–Crippen MR) is 121 cm³/mol. The quantitative estimate of drug-likeness (QED) is 0.356. The molecule has 0 N–H and O–H groups in total. The number of nitro benzene ring substituents is 1. The van der Waals surface area contributed by atoms with E-state index in [9.17, 15) is 18.5 Å². The van der Waals surface area contributed by atoms with Gasteiger partial charge in [0.05, 0.1) is 21.5 Å². The number of benzene rings is 2. The number of hydrogen-bond donors (Lipinski definition) is 0. The van der Waals surface area contributed by atoms with E-state index in [2.05, 4.69) is 10.1 Å². The van der Waals surface area contributed by atoms with Crippen LogP contribution in [-0.2, 0) is 10.0 Å². The minimum atomic E-state index is -3.80. The van der Waals surface area contributed by atoms with Crippen LogP contribution >= 0.6 is 0 Å². The highest BCUT2D eigenvalue weighted by molar-refractivity contribution is 7.89. The van der Waals surface area contributed by atoms with Crippen LogP contribution in [0, 0.1) is 10.1 Å². The number of hydrogen-bond acceptors (Lipinski definition) is 7. The molecule has 0 spiro atoms. The van der Waals surface area contributed by atoms with Crippen LogP contribution in [0.1, 0.15) is 32.4 Å². The molecule has 0 amide bonds. The Kier molecular flexibility index (Phi) is 6.90. The zero-order valence-corrected chi connectivity index (χ0v) is 19.2. The number of nitro groups is 1. The molecule has 0 aliphatic carbocycles. The lowest BCUT2D eigenvalue weighted by Gasteiger charge is -2.27. The van der Waals surface area contributed by atoms with Crippen molar-refractivity contribution in [3.05, 3.63) is 70.8 Å². The lowest BCUT2D eigenvalue weighted by atomic mass is 10.1. The maximum Gasteiger partial charge on any atom is 0.293 e. The molecule has 170 valence electrons. The van der Waals surface area contributed by atoms with Crippen molar-refractivity contribution in [3.8, 4) is 5.69 Å². The molecule has 0 aliphatic heterocycles. The maximum absolute atomic E-state index is 12.8. The van der Waals surface area contributed by atoms with Gasteiger partial charge in [0.1, 0.15) is 18.3 Å². The number of sulfonamides is 1. The third-order valence-electron chi connectivity index (χ3n) is 5.51. The summed E-state index contributed by atoms with van der Waals surface area (Å²) in [5, 5.41) is 15.9. The van der Waals surface area contributed by atoms with Crippen molar-refractivity contribution >= 4 is 21.4 Å². The molecule has 0 bridgehead atoms. The number of rotatable bonds is 9. The third-order valence-corrected chi connectivity index (χ3v) is 7.55. The Morgan fingerprint density at radius 1 is 1.12 bits per heavy atom. The fourth-order valence-electron chi connectivity index (χ4n) is 3.50. The molecule has 0 saturated heterocycles. The van der Waals surface area contributed by atoms with E-state index in [0.717, 1.165) is 17.3 Å². The topological polar surface area (TPSA) is 114 Å². The Morgan fingerprint density at radius 2 is 1.78 bits per heavy atom. The molecule has 0 radical (unpaired) electrons. The molecule has 1 aromatic heterocycles. The van der Waals surface area contributed by atoms with E-state index in [-0.39, 0.29) is 29.7 Å². The van der Waals surface area contributed by atoms with Crippen molar-refractivity contribution in [1.82, 2.24) is 19.1 Å². The SMILES string of the molecule is CCN(CC)S(=O)(=O)c1ccc(N(C)C(C)c2ccc(-n3cncn3)cc2)c([N+](=O)[O-])c1. The first kappa shape index (κ1) is 23.4. The van der Waals surface area contributed by atoms with Gasteiger partial charge in [0.2, 0.25) is 10.0 Å². The van der Waals surface area contributed by atoms with Crippen LogP contribution < -0.4 is 4.90 Å². The minimum Gasteiger partial charge on any atom is -0.362 e. The van der Waals surface area contributed by atoms with Crippen molar-refractivity contribution in [2.45, 2.75) is 31.7 Å². The lowest BCUT2D eigenvalue weighted by molar-refractivity contribution is -0.384. The Labute approximate surface area is 187 Å². The summed E-state index contributed by atoms with van der Waals surface area (Å²) in [6.07, 6.45) is 3.05. The molecular weight excluding hydrogens is 432 g/mol. The van der Waals surface area contributed by atoms with Crippen LogP contribution in [0.5, 0.6) is 0 Å². The first-order chi connectivity index (χ1) is 15.2. The fourth-order valence-corrected chi connectivity index (χ4v) is 4.98. The van der Waals surface area contributed by atoms with Crippen molar-refractivity contribution in [3.63, 3.8) is 0 Å². The highest BCUT2D eigenvalue weighted by Gasteiger charge is 2.28. The average molecular weight is 459 g/mol. The first-order valence-corrected chi connectivity index (χ1v) is 11.6. The van der Waals surface area contributed by atoms with Gasteiger partial charge in [-0.3, -0.25) is 10.1 Å². The number of aromatic nitrogens is 3. The van der Waals surface area contributed by atoms with Crippen LogP contribution in [-0.4, -0.2) is 52.5 Å². The van der Waals surface area contributed by atoms with Crippen LogP contribution in [0.4, 0.5) is 11.4 Å². The first-order valence-electron chi connectivity index (χ1n) is 10.2. The molecule has 1 unspecified atom stereocenters. The van der Waals surface area contributed by atoms with Gasteiger partial charge in [0.15, 0.2) is 0 Å². The van der Waals surface area contributed by atoms with Crippen molar-refractivity contribution in [2.75, 3.05) is 25.0 Å². The van der Waals surface area contributed by atoms with Gasteiger partial charge in [0, 0.05) is 26.2 Å². The molecule has 0 fully saturated rings. The van der Waals surface area contributed by atoms with Crippen molar-refractivity contribution in [1.29, 1.82) is 0 Å². The maximum atomic E-state index is 12.8. The molecule has 0 aliphatic rings. The summed E-state index contributed by atoms with van der Waals surface area (Å²) >= 11 is 0. The molecule has 3 rings (SSSR count). The number of anilines is 1. The van der Waals surface area contributed by atoms with Gasteiger partial charge in [-0.05, 0) is 36.8 Å². The largest absolute Gasteiger partial charge is 0.362 e. The Hall–Kier alpha value is -3.31. The summed E-state index contributed by atoms with van der Waals surface area (Å²) in [4.78, 5) is 16.9. The van der Waals surface area contributed by atoms with Crippen molar-refractivity contribution < 1.29 is 13.3 Å². The van der Waals surface area contributed by atoms with E-state index in [1.807, 2.05) is 31.2 Å². The third kappa shape index (κ3) is 4.48. The van der Waals surface area contributed by atoms with Gasteiger partial charge in [-0.2, -0.15) is 9.40 Å². The molecular formula is C21H26N6O4S. The summed E-state index contributed by atoms with van der Waals surface area (Å²) in [5.41, 5.74) is 1.86. The second kappa shape index (κ2) is 9.45. The molecule has 1 atom stereocenters. The van der Waals surface area contributed by atoms with E-state index in [4.69, 9.17) is 0 Å².